The lowest BCUT2D eigenvalue weighted by atomic mass is 10.2. The molecule has 3 heterocycles. The average molecular weight is 305 g/mol. The summed E-state index contributed by atoms with van der Waals surface area (Å²) in [5, 5.41) is 4.10. The maximum atomic E-state index is 12.7. The molecule has 1 fully saturated rings. The number of carbonyl (C=O) groups excluding carboxylic acids is 1. The molecule has 0 spiro atoms. The van der Waals surface area contributed by atoms with Crippen molar-refractivity contribution in [2.45, 2.75) is 32.4 Å². The largest absolute Gasteiger partial charge is 0.459 e. The van der Waals surface area contributed by atoms with Gasteiger partial charge in [0, 0.05) is 25.3 Å². The van der Waals surface area contributed by atoms with E-state index >= 15 is 0 Å². The fourth-order valence-electron chi connectivity index (χ4n) is 2.59. The number of carbonyl (C=O) groups is 1. The molecule has 0 saturated carbocycles. The van der Waals surface area contributed by atoms with Crippen molar-refractivity contribution in [3.8, 4) is 0 Å². The van der Waals surface area contributed by atoms with Gasteiger partial charge in [-0.25, -0.2) is 0 Å². The summed E-state index contributed by atoms with van der Waals surface area (Å²) in [5.74, 6) is 0.377. The molecular formula is C16H19NO3S. The molecule has 1 unspecified atom stereocenters. The molecule has 0 radical (unpaired) electrons. The van der Waals surface area contributed by atoms with E-state index in [0.717, 1.165) is 30.6 Å². The van der Waals surface area contributed by atoms with Gasteiger partial charge in [0.25, 0.3) is 5.91 Å². The van der Waals surface area contributed by atoms with Gasteiger partial charge in [-0.1, -0.05) is 0 Å². The van der Waals surface area contributed by atoms with E-state index in [9.17, 15) is 4.79 Å². The Hall–Kier alpha value is -1.59. The maximum Gasteiger partial charge on any atom is 0.290 e. The third kappa shape index (κ3) is 3.36. The second-order valence-electron chi connectivity index (χ2n) is 5.39. The van der Waals surface area contributed by atoms with Crippen molar-refractivity contribution in [2.75, 3.05) is 13.2 Å². The van der Waals surface area contributed by atoms with Crippen molar-refractivity contribution in [1.82, 2.24) is 4.90 Å². The van der Waals surface area contributed by atoms with E-state index in [-0.39, 0.29) is 12.0 Å². The Labute approximate surface area is 128 Å². The lowest BCUT2D eigenvalue weighted by molar-refractivity contribution is 0.0483. The Kier molecular flexibility index (Phi) is 4.41. The van der Waals surface area contributed by atoms with Gasteiger partial charge in [0.2, 0.25) is 0 Å². The first-order chi connectivity index (χ1) is 10.2. The zero-order chi connectivity index (χ0) is 14.7. The highest BCUT2D eigenvalue weighted by atomic mass is 32.1. The molecule has 21 heavy (non-hydrogen) atoms. The molecule has 0 aliphatic carbocycles. The molecule has 1 aliphatic rings. The quantitative estimate of drug-likeness (QED) is 0.849. The third-order valence-electron chi connectivity index (χ3n) is 3.75. The Morgan fingerprint density at radius 2 is 2.38 bits per heavy atom. The van der Waals surface area contributed by atoms with Crippen molar-refractivity contribution in [3.05, 3.63) is 46.0 Å². The van der Waals surface area contributed by atoms with Crippen molar-refractivity contribution in [2.24, 2.45) is 0 Å². The van der Waals surface area contributed by atoms with Crippen molar-refractivity contribution < 1.29 is 13.9 Å². The molecule has 112 valence electrons. The summed E-state index contributed by atoms with van der Waals surface area (Å²) in [6, 6.07) is 3.87. The minimum Gasteiger partial charge on any atom is -0.459 e. The van der Waals surface area contributed by atoms with Crippen LogP contribution >= 0.6 is 11.3 Å². The van der Waals surface area contributed by atoms with Crippen LogP contribution in [-0.2, 0) is 11.3 Å². The summed E-state index contributed by atoms with van der Waals surface area (Å²) in [4.78, 5) is 14.6. The lowest BCUT2D eigenvalue weighted by Gasteiger charge is -2.24. The molecule has 5 heteroatoms. The van der Waals surface area contributed by atoms with Crippen molar-refractivity contribution in [3.63, 3.8) is 0 Å². The molecular weight excluding hydrogens is 286 g/mol. The number of nitrogens with zero attached hydrogens (tertiary/aromatic N) is 1. The summed E-state index contributed by atoms with van der Waals surface area (Å²) in [7, 11) is 0. The van der Waals surface area contributed by atoms with E-state index in [1.165, 1.54) is 0 Å². The highest BCUT2D eigenvalue weighted by Gasteiger charge is 2.26. The maximum absolute atomic E-state index is 12.7. The summed E-state index contributed by atoms with van der Waals surface area (Å²) in [6.45, 7) is 3.91. The summed E-state index contributed by atoms with van der Waals surface area (Å²) < 4.78 is 11.0. The molecule has 1 aliphatic heterocycles. The number of rotatable bonds is 5. The number of ether oxygens (including phenoxy) is 1. The molecule has 4 nitrogen and oxygen atoms in total. The number of thiophene rings is 1. The van der Waals surface area contributed by atoms with Crippen molar-refractivity contribution in [1.29, 1.82) is 0 Å². The Bertz CT molecular complexity index is 584. The standard InChI is InChI=1S/C16H19NO3S/c1-12-4-7-20-15(12)16(18)17(9-13-5-8-21-11-13)10-14-3-2-6-19-14/h4-5,7-8,11,14H,2-3,6,9-10H2,1H3. The minimum atomic E-state index is -0.0563. The van der Waals surface area contributed by atoms with E-state index < -0.39 is 0 Å². The van der Waals surface area contributed by atoms with Crippen LogP contribution in [0.25, 0.3) is 0 Å². The second kappa shape index (κ2) is 6.45. The summed E-state index contributed by atoms with van der Waals surface area (Å²) >= 11 is 1.64. The van der Waals surface area contributed by atoms with E-state index in [1.807, 2.05) is 23.3 Å². The highest BCUT2D eigenvalue weighted by molar-refractivity contribution is 7.07. The normalized spacial score (nSPS) is 18.0. The van der Waals surface area contributed by atoms with Gasteiger partial charge in [-0.15, -0.1) is 0 Å². The number of hydrogen-bond donors (Lipinski definition) is 0. The Balaban J connectivity index is 1.77. The van der Waals surface area contributed by atoms with Gasteiger partial charge in [0.05, 0.1) is 12.4 Å². The van der Waals surface area contributed by atoms with Gasteiger partial charge >= 0.3 is 0 Å². The fraction of sp³-hybridized carbons (Fsp3) is 0.438. The zero-order valence-electron chi connectivity index (χ0n) is 12.1. The van der Waals surface area contributed by atoms with Crippen LogP contribution in [0.2, 0.25) is 0 Å². The minimum absolute atomic E-state index is 0.0563. The molecule has 2 aromatic heterocycles. The van der Waals surface area contributed by atoms with E-state index in [4.69, 9.17) is 9.15 Å². The predicted molar refractivity (Wildman–Crippen MR) is 81.5 cm³/mol. The van der Waals surface area contributed by atoms with E-state index in [1.54, 1.807) is 17.6 Å². The van der Waals surface area contributed by atoms with Gasteiger partial charge < -0.3 is 14.1 Å². The molecule has 1 saturated heterocycles. The lowest BCUT2D eigenvalue weighted by Crippen LogP contribution is -2.37. The van der Waals surface area contributed by atoms with Crippen LogP contribution in [-0.4, -0.2) is 30.1 Å². The van der Waals surface area contributed by atoms with Crippen LogP contribution in [0, 0.1) is 6.92 Å². The molecule has 2 aromatic rings. The monoisotopic (exact) mass is 305 g/mol. The number of amides is 1. The number of aryl methyl sites for hydroxylation is 1. The zero-order valence-corrected chi connectivity index (χ0v) is 12.9. The van der Waals surface area contributed by atoms with Gasteiger partial charge in [-0.2, -0.15) is 11.3 Å². The molecule has 0 bridgehead atoms. The summed E-state index contributed by atoms with van der Waals surface area (Å²) in [5.41, 5.74) is 2.03. The van der Waals surface area contributed by atoms with Gasteiger partial charge in [-0.3, -0.25) is 4.79 Å². The highest BCUT2D eigenvalue weighted by Crippen LogP contribution is 2.20. The van der Waals surface area contributed by atoms with Crippen LogP contribution < -0.4 is 0 Å². The second-order valence-corrected chi connectivity index (χ2v) is 6.17. The Morgan fingerprint density at radius 3 is 3.00 bits per heavy atom. The van der Waals surface area contributed by atoms with Crippen LogP contribution in [0.4, 0.5) is 0 Å². The first-order valence-electron chi connectivity index (χ1n) is 7.20. The van der Waals surface area contributed by atoms with Crippen LogP contribution in [0.5, 0.6) is 0 Å². The third-order valence-corrected chi connectivity index (χ3v) is 4.48. The average Bonchev–Trinajstić information content (AvgIpc) is 3.19. The van der Waals surface area contributed by atoms with E-state index in [0.29, 0.717) is 18.8 Å². The van der Waals surface area contributed by atoms with Gasteiger partial charge in [0.1, 0.15) is 0 Å². The first kappa shape index (κ1) is 14.4. The molecule has 1 amide bonds. The van der Waals surface area contributed by atoms with Crippen LogP contribution in [0.3, 0.4) is 0 Å². The Morgan fingerprint density at radius 1 is 1.48 bits per heavy atom. The molecule has 0 N–H and O–H groups in total. The smallest absolute Gasteiger partial charge is 0.290 e. The van der Waals surface area contributed by atoms with Crippen LogP contribution in [0.1, 0.15) is 34.5 Å². The topological polar surface area (TPSA) is 42.7 Å². The number of hydrogen-bond acceptors (Lipinski definition) is 4. The predicted octanol–water partition coefficient (Wildman–Crippen LogP) is 3.47. The number of furan rings is 1. The molecule has 1 atom stereocenters. The van der Waals surface area contributed by atoms with Gasteiger partial charge in [0.15, 0.2) is 5.76 Å². The van der Waals surface area contributed by atoms with Crippen molar-refractivity contribution >= 4 is 17.2 Å². The fourth-order valence-corrected chi connectivity index (χ4v) is 3.25. The van der Waals surface area contributed by atoms with Crippen LogP contribution in [0.15, 0.2) is 33.6 Å². The summed E-state index contributed by atoms with van der Waals surface area (Å²) in [6.07, 6.45) is 3.80. The molecule has 3 rings (SSSR count). The van der Waals surface area contributed by atoms with Gasteiger partial charge in [-0.05, 0) is 48.2 Å². The first-order valence-corrected chi connectivity index (χ1v) is 8.14. The van der Waals surface area contributed by atoms with E-state index in [2.05, 4.69) is 11.4 Å². The SMILES string of the molecule is Cc1ccoc1C(=O)N(Cc1ccsc1)CC1CCCO1. The molecule has 0 aromatic carbocycles.